The number of pyridine rings is 2. The highest BCUT2D eigenvalue weighted by molar-refractivity contribution is 6.80. The second kappa shape index (κ2) is 9.09. The van der Waals surface area contributed by atoms with Gasteiger partial charge in [0, 0.05) is 23.2 Å². The SMILES string of the molecule is Oc1cccc2cccnc12.Oc1cccc2cccnc12.[Al][Cl]. The number of aromatic hydroxyl groups is 2. The molecular weight excluding hydrogens is 339 g/mol. The van der Waals surface area contributed by atoms with E-state index in [9.17, 15) is 10.2 Å². The van der Waals surface area contributed by atoms with Gasteiger partial charge in [-0.3, -0.25) is 20.0 Å². The summed E-state index contributed by atoms with van der Waals surface area (Å²) in [5.74, 6) is 0.478. The van der Waals surface area contributed by atoms with E-state index >= 15 is 0 Å². The fourth-order valence-electron chi connectivity index (χ4n) is 2.18. The molecule has 0 amide bonds. The first-order valence-electron chi connectivity index (χ1n) is 7.03. The number of rotatable bonds is 0. The third-order valence-electron chi connectivity index (χ3n) is 3.22. The van der Waals surface area contributed by atoms with Crippen LogP contribution in [0, 0.1) is 0 Å². The number of benzene rings is 2. The molecule has 0 bridgehead atoms. The van der Waals surface area contributed by atoms with E-state index in [0.29, 0.717) is 11.0 Å². The molecule has 0 aliphatic heterocycles. The minimum Gasteiger partial charge on any atom is -0.506 e. The van der Waals surface area contributed by atoms with Crippen LogP contribution in [0.3, 0.4) is 0 Å². The Morgan fingerprint density at radius 1 is 0.625 bits per heavy atom. The molecule has 0 atom stereocenters. The van der Waals surface area contributed by atoms with Gasteiger partial charge < -0.3 is 10.2 Å². The molecule has 6 heteroatoms. The normalized spacial score (nSPS) is 9.54. The fourth-order valence-corrected chi connectivity index (χ4v) is 2.18. The molecule has 0 aliphatic rings. The van der Waals surface area contributed by atoms with Crippen LogP contribution in [0.15, 0.2) is 73.1 Å². The van der Waals surface area contributed by atoms with E-state index in [1.165, 1.54) is 0 Å². The minimum atomic E-state index is 0.239. The van der Waals surface area contributed by atoms with Gasteiger partial charge in [0.2, 0.25) is 0 Å². The van der Waals surface area contributed by atoms with Crippen molar-refractivity contribution in [1.29, 1.82) is 0 Å². The molecule has 2 radical (unpaired) electrons. The average Bonchev–Trinajstić information content (AvgIpc) is 2.65. The molecule has 2 heterocycles. The van der Waals surface area contributed by atoms with Gasteiger partial charge >= 0.3 is 0 Å². The number of aromatic nitrogens is 2. The monoisotopic (exact) mass is 352 g/mol. The number of fused-ring (bicyclic) bond motifs is 2. The van der Waals surface area contributed by atoms with E-state index in [1.807, 2.05) is 51.8 Å². The molecule has 2 N–H and O–H groups in total. The van der Waals surface area contributed by atoms with Gasteiger partial charge in [0.1, 0.15) is 22.5 Å². The Bertz CT molecular complexity index is 847. The van der Waals surface area contributed by atoms with Crippen molar-refractivity contribution in [1.82, 2.24) is 9.97 Å². The second-order valence-electron chi connectivity index (χ2n) is 4.70. The van der Waals surface area contributed by atoms with Crippen molar-refractivity contribution in [2.24, 2.45) is 0 Å². The van der Waals surface area contributed by atoms with Crippen LogP contribution in [-0.2, 0) is 0 Å². The van der Waals surface area contributed by atoms with Gasteiger partial charge in [0.15, 0.2) is 0 Å². The van der Waals surface area contributed by atoms with Crippen LogP contribution in [-0.4, -0.2) is 35.5 Å². The summed E-state index contributed by atoms with van der Waals surface area (Å²) in [7, 11) is 4.56. The zero-order valence-electron chi connectivity index (χ0n) is 12.7. The Hall–Kier alpha value is -2.32. The first-order valence-corrected chi connectivity index (χ1v) is 8.77. The molecular formula is C18H14AlClN2O2. The number of hydrogen-bond acceptors (Lipinski definition) is 4. The zero-order chi connectivity index (χ0) is 17.4. The van der Waals surface area contributed by atoms with Crippen molar-refractivity contribution in [2.45, 2.75) is 0 Å². The van der Waals surface area contributed by atoms with E-state index in [4.69, 9.17) is 0 Å². The molecule has 4 aromatic rings. The third kappa shape index (κ3) is 4.36. The fraction of sp³-hybridized carbons (Fsp3) is 0. The summed E-state index contributed by atoms with van der Waals surface area (Å²) in [6.07, 6.45) is 3.34. The summed E-state index contributed by atoms with van der Waals surface area (Å²) in [5, 5.41) is 20.5. The van der Waals surface area contributed by atoms with Crippen molar-refractivity contribution in [3.05, 3.63) is 73.1 Å². The molecule has 0 unspecified atom stereocenters. The maximum absolute atomic E-state index is 9.31. The van der Waals surface area contributed by atoms with Crippen molar-refractivity contribution in [2.75, 3.05) is 0 Å². The van der Waals surface area contributed by atoms with Crippen molar-refractivity contribution >= 4 is 47.2 Å². The molecule has 118 valence electrons. The van der Waals surface area contributed by atoms with E-state index in [1.54, 1.807) is 36.7 Å². The largest absolute Gasteiger partial charge is 0.506 e. The number of halogens is 1. The van der Waals surface area contributed by atoms with Crippen molar-refractivity contribution in [3.63, 3.8) is 0 Å². The Balaban J connectivity index is 0.000000158. The molecule has 4 rings (SSSR count). The predicted octanol–water partition coefficient (Wildman–Crippen LogP) is 4.19. The summed E-state index contributed by atoms with van der Waals surface area (Å²) in [4.78, 5) is 8.06. The molecule has 24 heavy (non-hydrogen) atoms. The lowest BCUT2D eigenvalue weighted by Gasteiger charge is -1.96. The van der Waals surface area contributed by atoms with E-state index in [2.05, 4.69) is 20.0 Å². The lowest BCUT2D eigenvalue weighted by molar-refractivity contribution is 0.480. The molecule has 4 nitrogen and oxygen atoms in total. The van der Waals surface area contributed by atoms with Gasteiger partial charge in [0.05, 0.1) is 0 Å². The lowest BCUT2D eigenvalue weighted by atomic mass is 10.2. The van der Waals surface area contributed by atoms with Crippen LogP contribution >= 0.6 is 10.0 Å². The average molecular weight is 353 g/mol. The Morgan fingerprint density at radius 2 is 1.00 bits per heavy atom. The summed E-state index contributed by atoms with van der Waals surface area (Å²) in [5.41, 5.74) is 1.32. The predicted molar refractivity (Wildman–Crippen MR) is 98.4 cm³/mol. The van der Waals surface area contributed by atoms with Crippen LogP contribution in [0.4, 0.5) is 0 Å². The summed E-state index contributed by atoms with van der Waals surface area (Å²) in [6.45, 7) is 0. The van der Waals surface area contributed by atoms with Gasteiger partial charge in [-0.2, -0.15) is 0 Å². The summed E-state index contributed by atoms with van der Waals surface area (Å²) < 4.78 is 0. The molecule has 0 aliphatic carbocycles. The molecule has 0 saturated heterocycles. The molecule has 0 saturated carbocycles. The first kappa shape index (κ1) is 18.0. The zero-order valence-corrected chi connectivity index (χ0v) is 14.6. The minimum absolute atomic E-state index is 0.239. The van der Waals surface area contributed by atoms with Gasteiger partial charge in [-0.15, -0.1) is 0 Å². The summed E-state index contributed by atoms with van der Waals surface area (Å²) >= 11 is 1.89. The van der Waals surface area contributed by atoms with Crippen LogP contribution < -0.4 is 0 Å². The first-order chi connectivity index (χ1) is 11.8. The molecule has 2 aromatic heterocycles. The molecule has 2 aromatic carbocycles. The maximum Gasteiger partial charge on any atom is 0.293 e. The number of nitrogens with zero attached hydrogens (tertiary/aromatic N) is 2. The standard InChI is InChI=1S/2C9H7NO.Al.ClH/c2*11-8-5-1-3-7-4-2-6-10-9(7)8;;/h2*1-6,11H;;1H/q;;+1;/p-1. The third-order valence-corrected chi connectivity index (χ3v) is 3.22. The van der Waals surface area contributed by atoms with Crippen molar-refractivity contribution < 1.29 is 10.2 Å². The smallest absolute Gasteiger partial charge is 0.293 e. The maximum atomic E-state index is 9.31. The highest BCUT2D eigenvalue weighted by Crippen LogP contribution is 2.21. The quantitative estimate of drug-likeness (QED) is 0.466. The number of phenols is 2. The van der Waals surface area contributed by atoms with Crippen LogP contribution in [0.1, 0.15) is 0 Å². The van der Waals surface area contributed by atoms with Crippen LogP contribution in [0.5, 0.6) is 11.5 Å². The van der Waals surface area contributed by atoms with Gasteiger partial charge in [0.25, 0.3) is 15.4 Å². The lowest BCUT2D eigenvalue weighted by Crippen LogP contribution is -1.76. The summed E-state index contributed by atoms with van der Waals surface area (Å²) in [6, 6.07) is 18.3. The van der Waals surface area contributed by atoms with Crippen LogP contribution in [0.2, 0.25) is 0 Å². The topological polar surface area (TPSA) is 66.2 Å². The van der Waals surface area contributed by atoms with Crippen molar-refractivity contribution in [3.8, 4) is 11.5 Å². The highest BCUT2D eigenvalue weighted by atomic mass is 35.6. The van der Waals surface area contributed by atoms with Crippen LogP contribution in [0.25, 0.3) is 21.8 Å². The Labute approximate surface area is 152 Å². The van der Waals surface area contributed by atoms with Gasteiger partial charge in [-0.1, -0.05) is 36.4 Å². The number of para-hydroxylation sites is 2. The second-order valence-corrected chi connectivity index (χ2v) is 4.70. The Kier molecular flexibility index (Phi) is 6.83. The highest BCUT2D eigenvalue weighted by Gasteiger charge is 1.97. The Morgan fingerprint density at radius 3 is 1.38 bits per heavy atom. The number of hydrogen-bond donors (Lipinski definition) is 2. The van der Waals surface area contributed by atoms with Gasteiger partial charge in [-0.05, 0) is 24.3 Å². The molecule has 0 fully saturated rings. The molecule has 0 spiro atoms. The number of phenolic OH excluding ortho intramolecular Hbond substituents is 2. The van der Waals surface area contributed by atoms with E-state index in [-0.39, 0.29) is 11.5 Å². The van der Waals surface area contributed by atoms with E-state index < -0.39 is 0 Å². The van der Waals surface area contributed by atoms with E-state index in [0.717, 1.165) is 10.8 Å². The van der Waals surface area contributed by atoms with Gasteiger partial charge in [-0.25, -0.2) is 0 Å².